The van der Waals surface area contributed by atoms with E-state index < -0.39 is 23.7 Å². The zero-order chi connectivity index (χ0) is 29.0. The predicted octanol–water partition coefficient (Wildman–Crippen LogP) is 2.43. The smallest absolute Gasteiger partial charge is 0.332 e. The molecule has 0 unspecified atom stereocenters. The largest absolute Gasteiger partial charge is 0.493 e. The maximum Gasteiger partial charge on any atom is 0.332 e. The third-order valence-corrected chi connectivity index (χ3v) is 6.37. The van der Waals surface area contributed by atoms with Crippen molar-refractivity contribution in [1.29, 1.82) is 0 Å². The number of aromatic nitrogens is 2. The molecule has 4 aromatic rings. The second kappa shape index (κ2) is 11.7. The van der Waals surface area contributed by atoms with E-state index in [-0.39, 0.29) is 40.6 Å². The van der Waals surface area contributed by atoms with Crippen molar-refractivity contribution in [2.75, 3.05) is 26.6 Å². The van der Waals surface area contributed by atoms with Crippen molar-refractivity contribution in [1.82, 2.24) is 14.5 Å². The van der Waals surface area contributed by atoms with E-state index in [9.17, 15) is 24.0 Å². The lowest BCUT2D eigenvalue weighted by Crippen LogP contribution is -2.42. The number of Topliss-reactive ketones (excluding diaryl/α,β-unsaturated/α-hetero) is 1. The van der Waals surface area contributed by atoms with Gasteiger partial charge in [-0.3, -0.25) is 28.3 Å². The Labute approximate surface area is 229 Å². The van der Waals surface area contributed by atoms with Gasteiger partial charge >= 0.3 is 5.69 Å². The highest BCUT2D eigenvalue weighted by molar-refractivity contribution is 5.97. The van der Waals surface area contributed by atoms with Crippen LogP contribution in [0.15, 0.2) is 70.3 Å². The average molecular weight is 545 g/mol. The maximum atomic E-state index is 13.7. The fourth-order valence-electron chi connectivity index (χ4n) is 4.28. The summed E-state index contributed by atoms with van der Waals surface area (Å²) in [4.78, 5) is 63.9. The van der Waals surface area contributed by atoms with Crippen LogP contribution in [0.25, 0.3) is 10.9 Å². The minimum atomic E-state index is -0.715. The van der Waals surface area contributed by atoms with Gasteiger partial charge in [-0.05, 0) is 42.8 Å². The molecule has 0 spiro atoms. The molecule has 0 saturated heterocycles. The maximum absolute atomic E-state index is 13.7. The summed E-state index contributed by atoms with van der Waals surface area (Å²) in [6, 6.07) is 15.9. The summed E-state index contributed by atoms with van der Waals surface area (Å²) in [7, 11) is 4.37. The number of methoxy groups -OCH3 is 2. The molecule has 3 aromatic carbocycles. The standard InChI is InChI=1S/C29H28N4O7/c1-17(34)20-6-5-7-21(12-20)31-26(35)16-32-23-14-25(40-4)24(39-3)13-22(23)28(37)33(29(32)38)15-18-8-10-19(11-9-18)27(36)30-2/h5-14H,15-16H2,1-4H3,(H,30,36)(H,31,35). The van der Waals surface area contributed by atoms with E-state index in [0.29, 0.717) is 22.4 Å². The molecule has 4 rings (SSSR count). The number of nitrogens with zero attached hydrogens (tertiary/aromatic N) is 2. The quantitative estimate of drug-likeness (QED) is 0.309. The van der Waals surface area contributed by atoms with Crippen LogP contribution in [0.5, 0.6) is 11.5 Å². The molecule has 2 amide bonds. The number of rotatable bonds is 9. The van der Waals surface area contributed by atoms with E-state index in [1.165, 1.54) is 44.9 Å². The first-order valence-electron chi connectivity index (χ1n) is 12.3. The van der Waals surface area contributed by atoms with Crippen LogP contribution >= 0.6 is 0 Å². The highest BCUT2D eigenvalue weighted by Crippen LogP contribution is 2.30. The number of carbonyl (C=O) groups is 3. The van der Waals surface area contributed by atoms with E-state index in [4.69, 9.17) is 9.47 Å². The monoisotopic (exact) mass is 544 g/mol. The van der Waals surface area contributed by atoms with Gasteiger partial charge in [0.1, 0.15) is 6.54 Å². The summed E-state index contributed by atoms with van der Waals surface area (Å²) in [5.41, 5.74) is 0.731. The molecule has 0 saturated carbocycles. The Kier molecular flexibility index (Phi) is 8.13. The second-order valence-corrected chi connectivity index (χ2v) is 8.95. The summed E-state index contributed by atoms with van der Waals surface area (Å²) >= 11 is 0. The van der Waals surface area contributed by atoms with Crippen LogP contribution < -0.4 is 31.4 Å². The van der Waals surface area contributed by atoms with Crippen LogP contribution in [0.3, 0.4) is 0 Å². The van der Waals surface area contributed by atoms with Gasteiger partial charge in [0.15, 0.2) is 17.3 Å². The van der Waals surface area contributed by atoms with Gasteiger partial charge < -0.3 is 20.1 Å². The number of ketones is 1. The highest BCUT2D eigenvalue weighted by atomic mass is 16.5. The van der Waals surface area contributed by atoms with E-state index in [2.05, 4.69) is 10.6 Å². The molecule has 0 atom stereocenters. The number of anilines is 1. The van der Waals surface area contributed by atoms with Gasteiger partial charge in [-0.2, -0.15) is 0 Å². The summed E-state index contributed by atoms with van der Waals surface area (Å²) < 4.78 is 12.9. The molecule has 11 heteroatoms. The molecule has 0 aliphatic rings. The summed E-state index contributed by atoms with van der Waals surface area (Å²) in [6.45, 7) is 0.896. The van der Waals surface area contributed by atoms with Crippen molar-refractivity contribution in [2.45, 2.75) is 20.0 Å². The second-order valence-electron chi connectivity index (χ2n) is 8.95. The Morgan fingerprint density at radius 1 is 0.850 bits per heavy atom. The molecule has 206 valence electrons. The Morgan fingerprint density at radius 3 is 2.15 bits per heavy atom. The van der Waals surface area contributed by atoms with Gasteiger partial charge in [0, 0.05) is 29.9 Å². The van der Waals surface area contributed by atoms with Gasteiger partial charge in [0.2, 0.25) is 5.91 Å². The zero-order valence-electron chi connectivity index (χ0n) is 22.4. The molecule has 0 fully saturated rings. The van der Waals surface area contributed by atoms with Gasteiger partial charge in [-0.15, -0.1) is 0 Å². The van der Waals surface area contributed by atoms with Crippen molar-refractivity contribution >= 4 is 34.2 Å². The summed E-state index contributed by atoms with van der Waals surface area (Å²) in [5.74, 6) is -0.407. The molecule has 40 heavy (non-hydrogen) atoms. The molecule has 0 aliphatic heterocycles. The molecule has 1 heterocycles. The van der Waals surface area contributed by atoms with Gasteiger partial charge in [0.25, 0.3) is 11.5 Å². The lowest BCUT2D eigenvalue weighted by Gasteiger charge is -2.16. The van der Waals surface area contributed by atoms with E-state index in [1.54, 1.807) is 48.5 Å². The molecular weight excluding hydrogens is 516 g/mol. The Balaban J connectivity index is 1.80. The third-order valence-electron chi connectivity index (χ3n) is 6.37. The number of nitrogens with one attached hydrogen (secondary N) is 2. The molecule has 0 radical (unpaired) electrons. The zero-order valence-corrected chi connectivity index (χ0v) is 22.4. The third kappa shape index (κ3) is 5.63. The number of benzene rings is 3. The first kappa shape index (κ1) is 27.8. The first-order chi connectivity index (χ1) is 19.2. The SMILES string of the molecule is CNC(=O)c1ccc(Cn2c(=O)c3cc(OC)c(OC)cc3n(CC(=O)Nc3cccc(C(C)=O)c3)c2=O)cc1. The van der Waals surface area contributed by atoms with Gasteiger partial charge in [-0.25, -0.2) is 4.79 Å². The molecule has 2 N–H and O–H groups in total. The van der Waals surface area contributed by atoms with E-state index in [0.717, 1.165) is 4.57 Å². The highest BCUT2D eigenvalue weighted by Gasteiger charge is 2.19. The number of amides is 2. The Bertz CT molecular complexity index is 1740. The van der Waals surface area contributed by atoms with Gasteiger partial charge in [0.05, 0.1) is 31.7 Å². The van der Waals surface area contributed by atoms with Gasteiger partial charge in [-0.1, -0.05) is 24.3 Å². The fourth-order valence-corrected chi connectivity index (χ4v) is 4.28. The number of fused-ring (bicyclic) bond motifs is 1. The van der Waals surface area contributed by atoms with Crippen molar-refractivity contribution in [3.63, 3.8) is 0 Å². The average Bonchev–Trinajstić information content (AvgIpc) is 2.96. The summed E-state index contributed by atoms with van der Waals surface area (Å²) in [6.07, 6.45) is 0. The molecule has 0 aliphatic carbocycles. The van der Waals surface area contributed by atoms with Crippen molar-refractivity contribution in [3.8, 4) is 11.5 Å². The number of hydrogen-bond donors (Lipinski definition) is 2. The van der Waals surface area contributed by atoms with E-state index in [1.807, 2.05) is 0 Å². The van der Waals surface area contributed by atoms with Crippen LogP contribution in [-0.4, -0.2) is 48.0 Å². The lowest BCUT2D eigenvalue weighted by molar-refractivity contribution is -0.116. The predicted molar refractivity (Wildman–Crippen MR) is 150 cm³/mol. The van der Waals surface area contributed by atoms with Crippen molar-refractivity contribution in [3.05, 3.63) is 98.2 Å². The van der Waals surface area contributed by atoms with Crippen LogP contribution in [0.2, 0.25) is 0 Å². The summed E-state index contributed by atoms with van der Waals surface area (Å²) in [5, 5.41) is 5.38. The minimum Gasteiger partial charge on any atom is -0.493 e. The van der Waals surface area contributed by atoms with Crippen LogP contribution in [0.4, 0.5) is 5.69 Å². The topological polar surface area (TPSA) is 138 Å². The van der Waals surface area contributed by atoms with Crippen molar-refractivity contribution < 1.29 is 23.9 Å². The van der Waals surface area contributed by atoms with Crippen LogP contribution in [-0.2, 0) is 17.9 Å². The lowest BCUT2D eigenvalue weighted by atomic mass is 10.1. The molecule has 1 aromatic heterocycles. The fraction of sp³-hybridized carbons (Fsp3) is 0.207. The van der Waals surface area contributed by atoms with Crippen LogP contribution in [0, 0.1) is 0 Å². The molecular formula is C29H28N4O7. The molecule has 11 nitrogen and oxygen atoms in total. The minimum absolute atomic E-state index is 0.0990. The number of ether oxygens (including phenoxy) is 2. The van der Waals surface area contributed by atoms with E-state index >= 15 is 0 Å². The Hall–Kier alpha value is -5.19. The Morgan fingerprint density at radius 2 is 1.52 bits per heavy atom. The first-order valence-corrected chi connectivity index (χ1v) is 12.3. The number of carbonyl (C=O) groups excluding carboxylic acids is 3. The van der Waals surface area contributed by atoms with Crippen LogP contribution in [0.1, 0.15) is 33.2 Å². The molecule has 0 bridgehead atoms. The van der Waals surface area contributed by atoms with Crippen molar-refractivity contribution in [2.24, 2.45) is 0 Å². The number of hydrogen-bond acceptors (Lipinski definition) is 7. The normalized spacial score (nSPS) is 10.7.